The molecule has 0 aromatic heterocycles. The second kappa shape index (κ2) is 17.8. The van der Waals surface area contributed by atoms with Crippen molar-refractivity contribution in [2.24, 2.45) is 5.92 Å². The van der Waals surface area contributed by atoms with E-state index in [2.05, 4.69) is 33.6 Å². The third kappa shape index (κ3) is 16.8. The molecule has 1 unspecified atom stereocenters. The third-order valence-corrected chi connectivity index (χ3v) is 3.74. The number of hydrogen-bond acceptors (Lipinski definition) is 3. The van der Waals surface area contributed by atoms with E-state index in [-0.39, 0.29) is 11.5 Å². The van der Waals surface area contributed by atoms with Crippen molar-refractivity contribution in [2.75, 3.05) is 6.61 Å². The van der Waals surface area contributed by atoms with Crippen LogP contribution in [0.4, 0.5) is 0 Å². The number of carboxylic acid groups (broad SMARTS) is 1. The Morgan fingerprint density at radius 3 is 1.96 bits per heavy atom. The van der Waals surface area contributed by atoms with Gasteiger partial charge in [-0.3, -0.25) is 0 Å². The first-order valence-electron chi connectivity index (χ1n) is 9.58. The monoisotopic (exact) mass is 388 g/mol. The second-order valence-electron chi connectivity index (χ2n) is 6.50. The fraction of sp³-hybridized carbons (Fsp3) is 0.417. The minimum atomic E-state index is -0.935. The van der Waals surface area contributed by atoms with Crippen LogP contribution in [0.3, 0.4) is 0 Å². The van der Waals surface area contributed by atoms with Crippen LogP contribution >= 0.6 is 0 Å². The topological polar surface area (TPSA) is 63.6 Å². The molecule has 0 saturated carbocycles. The number of aliphatic carboxylic acids is 1. The van der Waals surface area contributed by atoms with Crippen LogP contribution in [0.25, 0.3) is 6.08 Å². The Bertz CT molecular complexity index is 590. The van der Waals surface area contributed by atoms with Gasteiger partial charge in [-0.1, -0.05) is 89.3 Å². The number of carbonyl (C=O) groups is 2. The molecule has 0 radical (unpaired) electrons. The molecule has 1 aromatic rings. The summed E-state index contributed by atoms with van der Waals surface area (Å²) in [5, 5.41) is 7.89. The Morgan fingerprint density at radius 2 is 1.64 bits per heavy atom. The molecule has 28 heavy (non-hydrogen) atoms. The Kier molecular flexibility index (Phi) is 17.5. The molecule has 4 heteroatoms. The molecule has 1 aromatic carbocycles. The molecule has 0 saturated heterocycles. The van der Waals surface area contributed by atoms with Gasteiger partial charge in [0.25, 0.3) is 0 Å². The van der Waals surface area contributed by atoms with E-state index in [0.29, 0.717) is 18.1 Å². The van der Waals surface area contributed by atoms with E-state index in [9.17, 15) is 9.59 Å². The Hall–Kier alpha value is -2.62. The lowest BCUT2D eigenvalue weighted by Gasteiger charge is -2.14. The molecule has 0 bridgehead atoms. The lowest BCUT2D eigenvalue weighted by molar-refractivity contribution is -0.140. The first-order chi connectivity index (χ1) is 13.2. The van der Waals surface area contributed by atoms with E-state index >= 15 is 0 Å². The van der Waals surface area contributed by atoms with Gasteiger partial charge in [0.1, 0.15) is 0 Å². The molecule has 0 aliphatic rings. The van der Waals surface area contributed by atoms with Crippen molar-refractivity contribution in [3.63, 3.8) is 0 Å². The van der Waals surface area contributed by atoms with Crippen molar-refractivity contribution in [3.8, 4) is 0 Å². The molecule has 1 N–H and O–H groups in total. The molecule has 4 nitrogen and oxygen atoms in total. The molecule has 0 heterocycles. The van der Waals surface area contributed by atoms with Crippen LogP contribution < -0.4 is 0 Å². The van der Waals surface area contributed by atoms with E-state index in [4.69, 9.17) is 9.84 Å². The molecule has 0 aliphatic heterocycles. The van der Waals surface area contributed by atoms with Crippen LogP contribution in [0.1, 0.15) is 58.9 Å². The number of ether oxygens (including phenoxy) is 1. The van der Waals surface area contributed by atoms with Crippen molar-refractivity contribution in [3.05, 3.63) is 66.8 Å². The van der Waals surface area contributed by atoms with Crippen molar-refractivity contribution in [1.29, 1.82) is 0 Å². The van der Waals surface area contributed by atoms with Gasteiger partial charge in [-0.05, 0) is 31.7 Å². The van der Waals surface area contributed by atoms with Crippen molar-refractivity contribution in [2.45, 2.75) is 53.4 Å². The number of carbonyl (C=O) groups excluding carboxylic acids is 1. The Labute approximate surface area is 170 Å². The molecule has 0 spiro atoms. The van der Waals surface area contributed by atoms with Gasteiger partial charge in [-0.2, -0.15) is 0 Å². The van der Waals surface area contributed by atoms with Crippen LogP contribution in [0.5, 0.6) is 0 Å². The normalized spacial score (nSPS) is 10.1. The number of carboxylic acids is 1. The molecule has 0 amide bonds. The number of esters is 1. The van der Waals surface area contributed by atoms with Gasteiger partial charge in [0, 0.05) is 11.1 Å². The van der Waals surface area contributed by atoms with Gasteiger partial charge in [-0.15, -0.1) is 0 Å². The van der Waals surface area contributed by atoms with Crippen LogP contribution in [-0.2, 0) is 14.3 Å². The van der Waals surface area contributed by atoms with Gasteiger partial charge in [0.05, 0.1) is 6.61 Å². The molecule has 0 fully saturated rings. The quantitative estimate of drug-likeness (QED) is 0.398. The summed E-state index contributed by atoms with van der Waals surface area (Å²) >= 11 is 0. The van der Waals surface area contributed by atoms with Crippen LogP contribution in [-0.4, -0.2) is 23.7 Å². The van der Waals surface area contributed by atoms with Crippen LogP contribution in [0.2, 0.25) is 0 Å². The molecule has 156 valence electrons. The number of benzene rings is 1. The largest absolute Gasteiger partial charge is 0.478 e. The Morgan fingerprint density at radius 1 is 1.11 bits per heavy atom. The van der Waals surface area contributed by atoms with E-state index in [1.165, 1.54) is 25.3 Å². The molecular formula is C24H36O4. The summed E-state index contributed by atoms with van der Waals surface area (Å²) in [4.78, 5) is 20.7. The van der Waals surface area contributed by atoms with Crippen LogP contribution in [0.15, 0.2) is 61.2 Å². The van der Waals surface area contributed by atoms with Gasteiger partial charge >= 0.3 is 11.9 Å². The fourth-order valence-electron chi connectivity index (χ4n) is 1.80. The maximum atomic E-state index is 11.1. The van der Waals surface area contributed by atoms with Gasteiger partial charge in [0.15, 0.2) is 0 Å². The van der Waals surface area contributed by atoms with E-state index in [1.807, 2.05) is 36.4 Å². The predicted molar refractivity (Wildman–Crippen MR) is 118 cm³/mol. The van der Waals surface area contributed by atoms with Crippen molar-refractivity contribution in [1.82, 2.24) is 0 Å². The first kappa shape index (κ1) is 27.6. The van der Waals surface area contributed by atoms with E-state index in [0.717, 1.165) is 12.8 Å². The molecule has 1 atom stereocenters. The second-order valence-corrected chi connectivity index (χ2v) is 6.50. The SMILES string of the molecule is C=C(C)C(=O)O.C=C(C)C(=O)OCC(CC)CCCC.C=Cc1ccccc1. The summed E-state index contributed by atoms with van der Waals surface area (Å²) in [7, 11) is 0. The average Bonchev–Trinajstić information content (AvgIpc) is 2.69. The third-order valence-electron chi connectivity index (χ3n) is 3.74. The van der Waals surface area contributed by atoms with Crippen molar-refractivity contribution < 1.29 is 19.4 Å². The fourth-order valence-corrected chi connectivity index (χ4v) is 1.80. The Balaban J connectivity index is 0. The highest BCUT2D eigenvalue weighted by molar-refractivity contribution is 5.86. The number of rotatable bonds is 9. The van der Waals surface area contributed by atoms with E-state index in [1.54, 1.807) is 6.92 Å². The number of unbranched alkanes of at least 4 members (excludes halogenated alkanes) is 1. The van der Waals surface area contributed by atoms with Crippen molar-refractivity contribution >= 4 is 18.0 Å². The summed E-state index contributed by atoms with van der Waals surface area (Å²) < 4.78 is 5.12. The van der Waals surface area contributed by atoms with Crippen LogP contribution in [0, 0.1) is 5.92 Å². The van der Waals surface area contributed by atoms with E-state index < -0.39 is 5.97 Å². The smallest absolute Gasteiger partial charge is 0.333 e. The summed E-state index contributed by atoms with van der Waals surface area (Å²) in [6.45, 7) is 18.3. The van der Waals surface area contributed by atoms with Gasteiger partial charge < -0.3 is 9.84 Å². The highest BCUT2D eigenvalue weighted by Gasteiger charge is 2.09. The number of hydrogen-bond donors (Lipinski definition) is 1. The van der Waals surface area contributed by atoms with Gasteiger partial charge in [-0.25, -0.2) is 9.59 Å². The zero-order valence-corrected chi connectivity index (χ0v) is 17.9. The first-order valence-corrected chi connectivity index (χ1v) is 9.58. The minimum Gasteiger partial charge on any atom is -0.478 e. The maximum absolute atomic E-state index is 11.1. The predicted octanol–water partition coefficient (Wildman–Crippen LogP) is 6.30. The lowest BCUT2D eigenvalue weighted by atomic mass is 10.0. The standard InChI is InChI=1S/C12H22O2.C8H8.C4H6O2/c1-5-7-8-11(6-2)9-14-12(13)10(3)4;1-2-8-6-4-3-5-7-8;1-3(2)4(5)6/h11H,3,5-9H2,1-2,4H3;2-7H,1H2;1H2,2H3,(H,5,6). The zero-order valence-electron chi connectivity index (χ0n) is 17.9. The summed E-state index contributed by atoms with van der Waals surface area (Å²) in [5.41, 5.74) is 1.83. The zero-order chi connectivity index (χ0) is 21.9. The molecular weight excluding hydrogens is 352 g/mol. The minimum absolute atomic E-state index is 0.176. The lowest BCUT2D eigenvalue weighted by Crippen LogP contribution is -2.14. The molecule has 1 rings (SSSR count). The van der Waals surface area contributed by atoms with Gasteiger partial charge in [0.2, 0.25) is 0 Å². The summed E-state index contributed by atoms with van der Waals surface area (Å²) in [6, 6.07) is 10.0. The average molecular weight is 389 g/mol. The highest BCUT2D eigenvalue weighted by atomic mass is 16.5. The summed E-state index contributed by atoms with van der Waals surface area (Å²) in [5.74, 6) is -0.687. The summed E-state index contributed by atoms with van der Waals surface area (Å²) in [6.07, 6.45) is 6.47. The maximum Gasteiger partial charge on any atom is 0.333 e. The molecule has 0 aliphatic carbocycles. The highest BCUT2D eigenvalue weighted by Crippen LogP contribution is 2.13.